The molecule has 8 unspecified atom stereocenters. The fourth-order valence-electron chi connectivity index (χ4n) is 4.95. The molecule has 0 spiro atoms. The summed E-state index contributed by atoms with van der Waals surface area (Å²) in [4.78, 5) is 11.3. The lowest BCUT2D eigenvalue weighted by molar-refractivity contribution is -0.143. The molecule has 126 valence electrons. The Kier molecular flexibility index (Phi) is 4.76. The van der Waals surface area contributed by atoms with Crippen molar-refractivity contribution >= 4 is 5.97 Å². The molecule has 5 nitrogen and oxygen atoms in total. The van der Waals surface area contributed by atoms with Gasteiger partial charge in [0.1, 0.15) is 0 Å². The maximum Gasteiger partial charge on any atom is 0.308 e. The first-order chi connectivity index (χ1) is 10.6. The minimum Gasteiger partial charge on any atom is -0.469 e. The number of carbonyl (C=O) groups excluding carboxylic acids is 1. The summed E-state index contributed by atoms with van der Waals surface area (Å²) in [6.45, 7) is 4.36. The van der Waals surface area contributed by atoms with Crippen LogP contribution in [-0.4, -0.2) is 48.7 Å². The summed E-state index contributed by atoms with van der Waals surface area (Å²) in [5, 5.41) is 10.1. The van der Waals surface area contributed by atoms with Crippen LogP contribution in [0.25, 0.3) is 0 Å². The molecule has 3 heterocycles. The smallest absolute Gasteiger partial charge is 0.308 e. The Morgan fingerprint density at radius 3 is 2.55 bits per heavy atom. The average Bonchev–Trinajstić information content (AvgIpc) is 3.16. The molecule has 0 aliphatic carbocycles. The number of rotatable bonds is 6. The summed E-state index contributed by atoms with van der Waals surface area (Å²) >= 11 is 0. The molecule has 5 heteroatoms. The van der Waals surface area contributed by atoms with E-state index < -0.39 is 6.10 Å². The van der Waals surface area contributed by atoms with Gasteiger partial charge >= 0.3 is 5.97 Å². The highest BCUT2D eigenvalue weighted by Crippen LogP contribution is 2.56. The zero-order chi connectivity index (χ0) is 15.9. The molecule has 0 aromatic carbocycles. The molecule has 0 saturated carbocycles. The number of hydrogen-bond acceptors (Lipinski definition) is 5. The third-order valence-corrected chi connectivity index (χ3v) is 5.80. The van der Waals surface area contributed by atoms with Gasteiger partial charge in [0.25, 0.3) is 0 Å². The van der Waals surface area contributed by atoms with Gasteiger partial charge in [-0.05, 0) is 31.6 Å². The predicted octanol–water partition coefficient (Wildman–Crippen LogP) is 1.91. The molecule has 0 radical (unpaired) electrons. The van der Waals surface area contributed by atoms with Gasteiger partial charge in [-0.2, -0.15) is 0 Å². The Balaban J connectivity index is 1.64. The highest BCUT2D eigenvalue weighted by Gasteiger charge is 2.61. The van der Waals surface area contributed by atoms with E-state index in [1.807, 2.05) is 0 Å². The number of aliphatic hydroxyl groups excluding tert-OH is 1. The minimum absolute atomic E-state index is 0.0732. The second kappa shape index (κ2) is 6.46. The van der Waals surface area contributed by atoms with Gasteiger partial charge in [0.05, 0.1) is 44.1 Å². The number of aliphatic hydroxyl groups is 1. The molecule has 8 atom stereocenters. The summed E-state index contributed by atoms with van der Waals surface area (Å²) in [5.74, 6) is 0.966. The first-order valence-electron chi connectivity index (χ1n) is 8.64. The number of hydrogen-bond donors (Lipinski definition) is 1. The second-order valence-electron chi connectivity index (χ2n) is 6.99. The van der Waals surface area contributed by atoms with Crippen LogP contribution in [0.4, 0.5) is 0 Å². The second-order valence-corrected chi connectivity index (χ2v) is 6.99. The molecule has 3 aliphatic heterocycles. The number of esters is 1. The fraction of sp³-hybridized carbons (Fsp3) is 0.941. The van der Waals surface area contributed by atoms with Gasteiger partial charge in [0, 0.05) is 11.8 Å². The van der Waals surface area contributed by atoms with Gasteiger partial charge < -0.3 is 19.3 Å². The molecule has 3 rings (SSSR count). The van der Waals surface area contributed by atoms with Gasteiger partial charge in [0.15, 0.2) is 0 Å². The van der Waals surface area contributed by atoms with E-state index in [2.05, 4.69) is 18.6 Å². The molecular weight excluding hydrogens is 284 g/mol. The monoisotopic (exact) mass is 312 g/mol. The maximum atomic E-state index is 11.3. The van der Waals surface area contributed by atoms with Gasteiger partial charge in [-0.1, -0.05) is 13.8 Å². The third-order valence-electron chi connectivity index (χ3n) is 5.80. The van der Waals surface area contributed by atoms with Crippen molar-refractivity contribution in [1.29, 1.82) is 0 Å². The largest absolute Gasteiger partial charge is 0.469 e. The molecule has 2 bridgehead atoms. The summed E-state index contributed by atoms with van der Waals surface area (Å²) in [7, 11) is 1.35. The quantitative estimate of drug-likeness (QED) is 0.759. The predicted molar refractivity (Wildman–Crippen MR) is 80.2 cm³/mol. The molecule has 0 aromatic rings. The first kappa shape index (κ1) is 16.2. The van der Waals surface area contributed by atoms with Crippen molar-refractivity contribution in [3.8, 4) is 0 Å². The van der Waals surface area contributed by atoms with Crippen LogP contribution >= 0.6 is 0 Å². The van der Waals surface area contributed by atoms with Crippen molar-refractivity contribution in [2.45, 2.75) is 76.5 Å². The lowest BCUT2D eigenvalue weighted by atomic mass is 9.69. The molecule has 3 fully saturated rings. The molecule has 3 aliphatic rings. The molecular formula is C17H28O5. The SMILES string of the molecule is CCC1OC(CC)C2C3OC(CC3CC(O)CC(=O)OC)C12. The summed E-state index contributed by atoms with van der Waals surface area (Å²) in [6.07, 6.45) is 4.16. The lowest BCUT2D eigenvalue weighted by Crippen LogP contribution is -2.38. The van der Waals surface area contributed by atoms with Crippen LogP contribution in [0.1, 0.15) is 46.0 Å². The van der Waals surface area contributed by atoms with Crippen LogP contribution in [0.15, 0.2) is 0 Å². The molecule has 0 aromatic heterocycles. The topological polar surface area (TPSA) is 65.0 Å². The number of carbonyl (C=O) groups is 1. The zero-order valence-electron chi connectivity index (χ0n) is 13.7. The lowest BCUT2D eigenvalue weighted by Gasteiger charge is -2.31. The fourth-order valence-corrected chi connectivity index (χ4v) is 4.95. The zero-order valence-corrected chi connectivity index (χ0v) is 13.7. The van der Waals surface area contributed by atoms with Crippen molar-refractivity contribution in [2.75, 3.05) is 7.11 Å². The van der Waals surface area contributed by atoms with Crippen molar-refractivity contribution in [2.24, 2.45) is 17.8 Å². The highest BCUT2D eigenvalue weighted by molar-refractivity contribution is 5.69. The van der Waals surface area contributed by atoms with Crippen molar-refractivity contribution in [3.05, 3.63) is 0 Å². The van der Waals surface area contributed by atoms with E-state index in [1.165, 1.54) is 7.11 Å². The van der Waals surface area contributed by atoms with E-state index in [0.29, 0.717) is 30.3 Å². The third kappa shape index (κ3) is 2.68. The molecule has 3 saturated heterocycles. The van der Waals surface area contributed by atoms with E-state index in [1.54, 1.807) is 0 Å². The standard InChI is InChI=1S/C17H28O5/c1-4-11-15-13-7-9(6-10(18)8-14(19)20-3)17(22-13)16(15)12(5-2)21-11/h9-13,15-18H,4-8H2,1-3H3. The Morgan fingerprint density at radius 2 is 1.91 bits per heavy atom. The number of ether oxygens (including phenoxy) is 3. The van der Waals surface area contributed by atoms with Crippen LogP contribution in [-0.2, 0) is 19.0 Å². The normalized spacial score (nSPS) is 44.1. The van der Waals surface area contributed by atoms with Crippen molar-refractivity contribution in [3.63, 3.8) is 0 Å². The number of methoxy groups -OCH3 is 1. The Hall–Kier alpha value is -0.650. The first-order valence-corrected chi connectivity index (χ1v) is 8.64. The van der Waals surface area contributed by atoms with Gasteiger partial charge in [-0.25, -0.2) is 0 Å². The van der Waals surface area contributed by atoms with E-state index in [-0.39, 0.29) is 30.7 Å². The van der Waals surface area contributed by atoms with Crippen molar-refractivity contribution < 1.29 is 24.1 Å². The van der Waals surface area contributed by atoms with Gasteiger partial charge in [-0.15, -0.1) is 0 Å². The van der Waals surface area contributed by atoms with E-state index in [4.69, 9.17) is 9.47 Å². The summed E-state index contributed by atoms with van der Waals surface area (Å²) < 4.78 is 17.1. The summed E-state index contributed by atoms with van der Waals surface area (Å²) in [5.41, 5.74) is 0. The van der Waals surface area contributed by atoms with E-state index >= 15 is 0 Å². The molecule has 0 amide bonds. The van der Waals surface area contributed by atoms with Crippen LogP contribution in [0.3, 0.4) is 0 Å². The van der Waals surface area contributed by atoms with Crippen LogP contribution < -0.4 is 0 Å². The van der Waals surface area contributed by atoms with E-state index in [9.17, 15) is 9.90 Å². The number of fused-ring (bicyclic) bond motifs is 5. The van der Waals surface area contributed by atoms with Crippen LogP contribution in [0, 0.1) is 17.8 Å². The van der Waals surface area contributed by atoms with Crippen LogP contribution in [0.2, 0.25) is 0 Å². The Morgan fingerprint density at radius 1 is 1.23 bits per heavy atom. The van der Waals surface area contributed by atoms with Crippen LogP contribution in [0.5, 0.6) is 0 Å². The maximum absolute atomic E-state index is 11.3. The van der Waals surface area contributed by atoms with E-state index in [0.717, 1.165) is 19.3 Å². The molecule has 22 heavy (non-hydrogen) atoms. The van der Waals surface area contributed by atoms with Gasteiger partial charge in [0.2, 0.25) is 0 Å². The molecule has 1 N–H and O–H groups in total. The minimum atomic E-state index is -0.636. The summed E-state index contributed by atoms with van der Waals surface area (Å²) in [6, 6.07) is 0. The highest BCUT2D eigenvalue weighted by atomic mass is 16.5. The average molecular weight is 312 g/mol. The van der Waals surface area contributed by atoms with Gasteiger partial charge in [-0.3, -0.25) is 4.79 Å². The van der Waals surface area contributed by atoms with Crippen molar-refractivity contribution in [1.82, 2.24) is 0 Å². The Labute approximate surface area is 132 Å². The Bertz CT molecular complexity index is 412.